The molecule has 1 aromatic carbocycles. The van der Waals surface area contributed by atoms with Crippen molar-refractivity contribution < 1.29 is 31.9 Å². The second-order valence-electron chi connectivity index (χ2n) is 7.17. The van der Waals surface area contributed by atoms with E-state index in [1.165, 1.54) is 31.3 Å². The zero-order valence-corrected chi connectivity index (χ0v) is 20.5. The summed E-state index contributed by atoms with van der Waals surface area (Å²) in [5, 5.41) is 11.6. The highest BCUT2D eigenvalue weighted by Gasteiger charge is 2.25. The first kappa shape index (κ1) is 25.1. The molecule has 3 N–H and O–H groups in total. The first-order valence-electron chi connectivity index (χ1n) is 9.90. The number of benzene rings is 1. The fraction of sp³-hybridized carbons (Fsp3) is 0.286. The standard InChI is InChI=1S/C21H21FIN3O6S/c1-24-20(29)18-14-10-15(23)16(11-33(30,31)25-9-3-2-4-17(27)28)26-21(14)32-19(18)12-5-7-13(22)8-6-12/h5-8,10,25H,2-4,9,11H2,1H3,(H,24,29)(H,27,28). The van der Waals surface area contributed by atoms with Crippen molar-refractivity contribution in [2.24, 2.45) is 0 Å². The van der Waals surface area contributed by atoms with E-state index >= 15 is 0 Å². The second kappa shape index (κ2) is 10.6. The number of hydrogen-bond acceptors (Lipinski definition) is 6. The topological polar surface area (TPSA) is 139 Å². The summed E-state index contributed by atoms with van der Waals surface area (Å²) >= 11 is 1.94. The van der Waals surface area contributed by atoms with Gasteiger partial charge in [0, 0.05) is 29.1 Å². The van der Waals surface area contributed by atoms with E-state index in [4.69, 9.17) is 9.52 Å². The number of sulfonamides is 1. The van der Waals surface area contributed by atoms with Gasteiger partial charge in [-0.2, -0.15) is 0 Å². The molecule has 0 saturated carbocycles. The lowest BCUT2D eigenvalue weighted by Gasteiger charge is -2.08. The highest BCUT2D eigenvalue weighted by molar-refractivity contribution is 14.1. The summed E-state index contributed by atoms with van der Waals surface area (Å²) < 4.78 is 47.1. The number of pyridine rings is 1. The van der Waals surface area contributed by atoms with Crippen LogP contribution in [0.1, 0.15) is 35.3 Å². The maximum Gasteiger partial charge on any atom is 0.303 e. The Morgan fingerprint density at radius 3 is 2.55 bits per heavy atom. The number of nitrogens with one attached hydrogen (secondary N) is 2. The fourth-order valence-electron chi connectivity index (χ4n) is 3.15. The first-order chi connectivity index (χ1) is 15.6. The van der Waals surface area contributed by atoms with Crippen LogP contribution in [0.5, 0.6) is 0 Å². The molecule has 0 atom stereocenters. The van der Waals surface area contributed by atoms with E-state index in [2.05, 4.69) is 15.0 Å². The van der Waals surface area contributed by atoms with E-state index in [9.17, 15) is 22.4 Å². The number of aromatic nitrogens is 1. The quantitative estimate of drug-likeness (QED) is 0.244. The Morgan fingerprint density at radius 1 is 1.21 bits per heavy atom. The Hall–Kier alpha value is -2.58. The monoisotopic (exact) mass is 589 g/mol. The van der Waals surface area contributed by atoms with Crippen LogP contribution in [0.15, 0.2) is 34.7 Å². The Balaban J connectivity index is 1.91. The van der Waals surface area contributed by atoms with Crippen LogP contribution in [0.3, 0.4) is 0 Å². The number of rotatable bonds is 10. The van der Waals surface area contributed by atoms with Crippen molar-refractivity contribution in [3.63, 3.8) is 0 Å². The summed E-state index contributed by atoms with van der Waals surface area (Å²) in [7, 11) is -2.27. The van der Waals surface area contributed by atoms with Crippen LogP contribution in [-0.2, 0) is 20.6 Å². The van der Waals surface area contributed by atoms with Crippen LogP contribution in [-0.4, -0.2) is 44.0 Å². The molecular weight excluding hydrogens is 568 g/mol. The average Bonchev–Trinajstić information content (AvgIpc) is 3.11. The zero-order chi connectivity index (χ0) is 24.2. The van der Waals surface area contributed by atoms with Crippen LogP contribution in [0, 0.1) is 9.39 Å². The number of unbranched alkanes of at least 4 members (excludes halogenated alkanes) is 1. The maximum atomic E-state index is 13.4. The lowest BCUT2D eigenvalue weighted by Crippen LogP contribution is -2.27. The van der Waals surface area contributed by atoms with Crippen LogP contribution in [0.4, 0.5) is 4.39 Å². The lowest BCUT2D eigenvalue weighted by atomic mass is 10.1. The predicted molar refractivity (Wildman–Crippen MR) is 128 cm³/mol. The molecule has 0 saturated heterocycles. The third kappa shape index (κ3) is 6.26. The van der Waals surface area contributed by atoms with Crippen LogP contribution < -0.4 is 10.0 Å². The number of carbonyl (C=O) groups is 2. The summed E-state index contributed by atoms with van der Waals surface area (Å²) in [6.07, 6.45) is 0.727. The van der Waals surface area contributed by atoms with E-state index in [1.807, 2.05) is 22.6 Å². The number of carboxylic acids is 1. The lowest BCUT2D eigenvalue weighted by molar-refractivity contribution is -0.137. The van der Waals surface area contributed by atoms with E-state index in [0.717, 1.165) is 0 Å². The maximum absolute atomic E-state index is 13.4. The molecule has 0 aliphatic carbocycles. The number of fused-ring (bicyclic) bond motifs is 1. The number of amides is 1. The number of hydrogen-bond donors (Lipinski definition) is 3. The zero-order valence-electron chi connectivity index (χ0n) is 17.5. The van der Waals surface area contributed by atoms with Gasteiger partial charge in [-0.05, 0) is 65.8 Å². The van der Waals surface area contributed by atoms with Gasteiger partial charge in [-0.15, -0.1) is 0 Å². The molecule has 0 aliphatic heterocycles. The molecule has 0 fully saturated rings. The molecule has 176 valence electrons. The van der Waals surface area contributed by atoms with Gasteiger partial charge in [0.25, 0.3) is 5.91 Å². The number of carbonyl (C=O) groups excluding carboxylic acids is 1. The Kier molecular flexibility index (Phi) is 8.02. The normalized spacial score (nSPS) is 11.6. The second-order valence-corrected chi connectivity index (χ2v) is 10.1. The number of aliphatic carboxylic acids is 1. The predicted octanol–water partition coefficient (Wildman–Crippen LogP) is 3.27. The summed E-state index contributed by atoms with van der Waals surface area (Å²) in [6.45, 7) is 0.116. The smallest absolute Gasteiger partial charge is 0.303 e. The van der Waals surface area contributed by atoms with Crippen LogP contribution >= 0.6 is 22.6 Å². The van der Waals surface area contributed by atoms with E-state index in [1.54, 1.807) is 6.07 Å². The highest BCUT2D eigenvalue weighted by Crippen LogP contribution is 2.34. The number of nitrogens with zero attached hydrogens (tertiary/aromatic N) is 1. The van der Waals surface area contributed by atoms with Crippen molar-refractivity contribution in [1.82, 2.24) is 15.0 Å². The first-order valence-corrected chi connectivity index (χ1v) is 12.6. The number of carboxylic acid groups (broad SMARTS) is 1. The highest BCUT2D eigenvalue weighted by atomic mass is 127. The molecule has 0 bridgehead atoms. The molecule has 0 radical (unpaired) electrons. The van der Waals surface area contributed by atoms with Gasteiger partial charge in [0.2, 0.25) is 15.7 Å². The van der Waals surface area contributed by atoms with Gasteiger partial charge in [0.15, 0.2) is 0 Å². The van der Waals surface area contributed by atoms with Crippen molar-refractivity contribution in [2.45, 2.75) is 25.0 Å². The molecule has 2 aromatic heterocycles. The fourth-order valence-corrected chi connectivity index (χ4v) is 5.17. The third-order valence-electron chi connectivity index (χ3n) is 4.74. The molecule has 0 spiro atoms. The molecule has 3 aromatic rings. The van der Waals surface area contributed by atoms with Crippen molar-refractivity contribution in [3.05, 3.63) is 51.0 Å². The molecule has 12 heteroatoms. The third-order valence-corrected chi connectivity index (χ3v) is 6.97. The van der Waals surface area contributed by atoms with Gasteiger partial charge in [0.05, 0.1) is 16.6 Å². The summed E-state index contributed by atoms with van der Waals surface area (Å²) in [5.41, 5.74) is 1.01. The molecule has 1 amide bonds. The van der Waals surface area contributed by atoms with Gasteiger partial charge in [-0.25, -0.2) is 22.5 Å². The molecular formula is C21H21FIN3O6S. The molecule has 2 heterocycles. The minimum atomic E-state index is -3.74. The van der Waals surface area contributed by atoms with Crippen molar-refractivity contribution in [2.75, 3.05) is 13.6 Å². The summed E-state index contributed by atoms with van der Waals surface area (Å²) in [6, 6.07) is 7.07. The summed E-state index contributed by atoms with van der Waals surface area (Å²) in [5.74, 6) is -2.01. The van der Waals surface area contributed by atoms with Gasteiger partial charge in [-0.1, -0.05) is 0 Å². The Labute approximate surface area is 203 Å². The number of furan rings is 1. The molecule has 33 heavy (non-hydrogen) atoms. The van der Waals surface area contributed by atoms with Gasteiger partial charge < -0.3 is 14.8 Å². The molecule has 0 aliphatic rings. The van der Waals surface area contributed by atoms with Crippen LogP contribution in [0.2, 0.25) is 0 Å². The van der Waals surface area contributed by atoms with E-state index in [0.29, 0.717) is 27.4 Å². The van der Waals surface area contributed by atoms with Gasteiger partial charge in [0.1, 0.15) is 17.3 Å². The van der Waals surface area contributed by atoms with Gasteiger partial charge in [-0.3, -0.25) is 9.59 Å². The van der Waals surface area contributed by atoms with Gasteiger partial charge >= 0.3 is 5.97 Å². The van der Waals surface area contributed by atoms with E-state index < -0.39 is 33.5 Å². The van der Waals surface area contributed by atoms with Crippen molar-refractivity contribution in [1.29, 1.82) is 0 Å². The van der Waals surface area contributed by atoms with E-state index in [-0.39, 0.29) is 35.7 Å². The number of halogens is 2. The Morgan fingerprint density at radius 2 is 1.91 bits per heavy atom. The molecule has 9 nitrogen and oxygen atoms in total. The Bertz CT molecular complexity index is 1290. The SMILES string of the molecule is CNC(=O)c1c(-c2ccc(F)cc2)oc2nc(CS(=O)(=O)NCCCCC(=O)O)c(I)cc12. The average molecular weight is 589 g/mol. The molecule has 0 unspecified atom stereocenters. The van der Waals surface area contributed by atoms with Crippen molar-refractivity contribution in [3.8, 4) is 11.3 Å². The minimum Gasteiger partial charge on any atom is -0.481 e. The van der Waals surface area contributed by atoms with Crippen molar-refractivity contribution >= 4 is 55.6 Å². The molecule has 3 rings (SSSR count). The minimum absolute atomic E-state index is 0.0274. The van der Waals surface area contributed by atoms with Crippen LogP contribution in [0.25, 0.3) is 22.4 Å². The largest absolute Gasteiger partial charge is 0.481 e. The summed E-state index contributed by atoms with van der Waals surface area (Å²) in [4.78, 5) is 27.5.